The molecule has 0 bridgehead atoms. The van der Waals surface area contributed by atoms with Crippen LogP contribution >= 0.6 is 0 Å². The lowest BCUT2D eigenvalue weighted by atomic mass is 9.83. The molecule has 1 saturated heterocycles. The Morgan fingerprint density at radius 3 is 2.50 bits per heavy atom. The van der Waals surface area contributed by atoms with Crippen molar-refractivity contribution in [3.8, 4) is 0 Å². The second-order valence-corrected chi connectivity index (χ2v) is 10.6. The fourth-order valence-corrected chi connectivity index (χ4v) is 4.74. The van der Waals surface area contributed by atoms with Crippen LogP contribution in [0.3, 0.4) is 0 Å². The molecular formula is C27H35N7O2. The SMILES string of the molecule is C[C@@H]1[C@H](CC(=O)c2ccc(C(C)(C)C)cc2)CCCN1c1cnc(C(N)=O)c(Nc2cnn(C)c2)n1. The minimum absolute atomic E-state index is 0.0514. The van der Waals surface area contributed by atoms with Gasteiger partial charge in [-0.3, -0.25) is 14.3 Å². The fraction of sp³-hybridized carbons (Fsp3) is 0.444. The number of aryl methyl sites for hydroxylation is 1. The Bertz CT molecular complexity index is 1240. The number of carbonyl (C=O) groups is 2. The normalized spacial score (nSPS) is 18.2. The fourth-order valence-electron chi connectivity index (χ4n) is 4.74. The van der Waals surface area contributed by atoms with E-state index in [0.717, 1.165) is 24.9 Å². The van der Waals surface area contributed by atoms with E-state index in [2.05, 4.69) is 60.1 Å². The van der Waals surface area contributed by atoms with Gasteiger partial charge < -0.3 is 16.0 Å². The first-order valence-electron chi connectivity index (χ1n) is 12.4. The van der Waals surface area contributed by atoms with Crippen LogP contribution in [0.1, 0.15) is 73.4 Å². The summed E-state index contributed by atoms with van der Waals surface area (Å²) in [5, 5.41) is 7.25. The number of Topliss-reactive ketones (excluding diaryl/α,β-unsaturated/α-hetero) is 1. The number of nitrogens with one attached hydrogen (secondary N) is 1. The van der Waals surface area contributed by atoms with Crippen LogP contribution in [0.4, 0.5) is 17.3 Å². The molecule has 36 heavy (non-hydrogen) atoms. The van der Waals surface area contributed by atoms with Crippen molar-refractivity contribution in [3.05, 3.63) is 59.7 Å². The van der Waals surface area contributed by atoms with Crippen LogP contribution in [-0.4, -0.2) is 44.0 Å². The second kappa shape index (κ2) is 10.1. The first-order chi connectivity index (χ1) is 17.0. The summed E-state index contributed by atoms with van der Waals surface area (Å²) >= 11 is 0. The van der Waals surface area contributed by atoms with Gasteiger partial charge in [0, 0.05) is 37.8 Å². The molecule has 0 radical (unpaired) electrons. The van der Waals surface area contributed by atoms with E-state index in [1.807, 2.05) is 12.1 Å². The minimum atomic E-state index is -0.659. The zero-order valence-corrected chi connectivity index (χ0v) is 21.7. The molecule has 1 aliphatic rings. The molecule has 3 N–H and O–H groups in total. The molecule has 0 saturated carbocycles. The summed E-state index contributed by atoms with van der Waals surface area (Å²) < 4.78 is 1.65. The molecule has 1 aliphatic heterocycles. The lowest BCUT2D eigenvalue weighted by Gasteiger charge is -2.40. The Morgan fingerprint density at radius 2 is 1.89 bits per heavy atom. The molecule has 1 aromatic carbocycles. The molecule has 4 rings (SSSR count). The maximum Gasteiger partial charge on any atom is 0.271 e. The summed E-state index contributed by atoms with van der Waals surface area (Å²) in [6.45, 7) is 9.41. The van der Waals surface area contributed by atoms with Crippen molar-refractivity contribution in [1.29, 1.82) is 0 Å². The second-order valence-electron chi connectivity index (χ2n) is 10.6. The van der Waals surface area contributed by atoms with Crippen molar-refractivity contribution >= 4 is 29.0 Å². The van der Waals surface area contributed by atoms with Crippen LogP contribution in [0.25, 0.3) is 0 Å². The molecule has 3 aromatic rings. The number of benzene rings is 1. The number of primary amides is 1. The summed E-state index contributed by atoms with van der Waals surface area (Å²) in [4.78, 5) is 36.3. The quantitative estimate of drug-likeness (QED) is 0.477. The number of piperidine rings is 1. The van der Waals surface area contributed by atoms with Crippen LogP contribution in [0, 0.1) is 5.92 Å². The van der Waals surface area contributed by atoms with E-state index in [4.69, 9.17) is 10.7 Å². The van der Waals surface area contributed by atoms with Gasteiger partial charge in [0.25, 0.3) is 5.91 Å². The van der Waals surface area contributed by atoms with Crippen molar-refractivity contribution in [3.63, 3.8) is 0 Å². The van der Waals surface area contributed by atoms with E-state index in [-0.39, 0.29) is 34.7 Å². The summed E-state index contributed by atoms with van der Waals surface area (Å²) in [7, 11) is 1.80. The molecule has 0 spiro atoms. The van der Waals surface area contributed by atoms with Gasteiger partial charge in [-0.05, 0) is 36.7 Å². The van der Waals surface area contributed by atoms with Crippen LogP contribution in [0.5, 0.6) is 0 Å². The number of rotatable bonds is 7. The average Bonchev–Trinajstić information content (AvgIpc) is 3.24. The zero-order chi connectivity index (χ0) is 26.0. The standard InChI is InChI=1S/C27H35N7O2/c1-17-19(13-22(35)18-8-10-20(11-9-18)27(2,3)4)7-6-12-34(17)23-15-29-24(25(28)36)26(32-23)31-21-14-30-33(5)16-21/h8-11,14-17,19H,6-7,12-13H2,1-5H3,(H2,28,36)(H,31,32)/t17-,19+/m1/s1. The molecular weight excluding hydrogens is 454 g/mol. The lowest BCUT2D eigenvalue weighted by molar-refractivity contribution is 0.0944. The molecule has 2 atom stereocenters. The average molecular weight is 490 g/mol. The van der Waals surface area contributed by atoms with Gasteiger partial charge >= 0.3 is 0 Å². The highest BCUT2D eigenvalue weighted by atomic mass is 16.1. The Kier molecular flexibility index (Phi) is 7.10. The predicted molar refractivity (Wildman–Crippen MR) is 141 cm³/mol. The highest BCUT2D eigenvalue weighted by Crippen LogP contribution is 2.32. The van der Waals surface area contributed by atoms with Gasteiger partial charge in [-0.25, -0.2) is 9.97 Å². The van der Waals surface area contributed by atoms with Crippen LogP contribution < -0.4 is 16.0 Å². The third-order valence-electron chi connectivity index (χ3n) is 6.92. The molecule has 2 aromatic heterocycles. The number of carbonyl (C=O) groups excluding carboxylic acids is 2. The number of nitrogens with zero attached hydrogens (tertiary/aromatic N) is 5. The highest BCUT2D eigenvalue weighted by Gasteiger charge is 2.31. The largest absolute Gasteiger partial charge is 0.364 e. The van der Waals surface area contributed by atoms with E-state index in [9.17, 15) is 9.59 Å². The molecule has 1 fully saturated rings. The molecule has 190 valence electrons. The van der Waals surface area contributed by atoms with E-state index < -0.39 is 5.91 Å². The number of hydrogen-bond donors (Lipinski definition) is 2. The van der Waals surface area contributed by atoms with Crippen molar-refractivity contribution in [2.24, 2.45) is 18.7 Å². The van der Waals surface area contributed by atoms with Gasteiger partial charge in [0.15, 0.2) is 17.3 Å². The molecule has 1 amide bonds. The third kappa shape index (κ3) is 5.56. The summed E-state index contributed by atoms with van der Waals surface area (Å²) in [5.41, 5.74) is 8.30. The molecule has 3 heterocycles. The summed E-state index contributed by atoms with van der Waals surface area (Å²) in [6.07, 6.45) is 7.38. The highest BCUT2D eigenvalue weighted by molar-refractivity contribution is 5.97. The monoisotopic (exact) mass is 489 g/mol. The Balaban J connectivity index is 1.51. The van der Waals surface area contributed by atoms with E-state index in [1.54, 1.807) is 30.3 Å². The van der Waals surface area contributed by atoms with E-state index in [1.165, 1.54) is 5.56 Å². The third-order valence-corrected chi connectivity index (χ3v) is 6.92. The summed E-state index contributed by atoms with van der Waals surface area (Å²) in [5.74, 6) is 0.611. The smallest absolute Gasteiger partial charge is 0.271 e. The van der Waals surface area contributed by atoms with Crippen molar-refractivity contribution in [2.75, 3.05) is 16.8 Å². The van der Waals surface area contributed by atoms with Crippen LogP contribution in [-0.2, 0) is 12.5 Å². The van der Waals surface area contributed by atoms with Crippen molar-refractivity contribution < 1.29 is 9.59 Å². The van der Waals surface area contributed by atoms with Gasteiger partial charge in [0.2, 0.25) is 0 Å². The number of amides is 1. The Labute approximate surface area is 212 Å². The number of aromatic nitrogens is 4. The molecule has 9 nitrogen and oxygen atoms in total. The van der Waals surface area contributed by atoms with Gasteiger partial charge in [0.1, 0.15) is 5.82 Å². The Morgan fingerprint density at radius 1 is 1.17 bits per heavy atom. The van der Waals surface area contributed by atoms with Gasteiger partial charge in [-0.15, -0.1) is 0 Å². The summed E-state index contributed by atoms with van der Waals surface area (Å²) in [6, 6.07) is 8.07. The van der Waals surface area contributed by atoms with E-state index in [0.29, 0.717) is 17.9 Å². The minimum Gasteiger partial charge on any atom is -0.364 e. The van der Waals surface area contributed by atoms with Crippen LogP contribution in [0.2, 0.25) is 0 Å². The van der Waals surface area contributed by atoms with Crippen molar-refractivity contribution in [2.45, 2.75) is 58.4 Å². The number of anilines is 3. The topological polar surface area (TPSA) is 119 Å². The number of hydrogen-bond acceptors (Lipinski definition) is 7. The zero-order valence-electron chi connectivity index (χ0n) is 21.7. The molecule has 0 aliphatic carbocycles. The maximum absolute atomic E-state index is 13.1. The van der Waals surface area contributed by atoms with Gasteiger partial charge in [0.05, 0.1) is 18.1 Å². The Hall–Kier alpha value is -3.75. The maximum atomic E-state index is 13.1. The number of nitrogens with two attached hydrogens (primary N) is 1. The van der Waals surface area contributed by atoms with Gasteiger partial charge in [-0.1, -0.05) is 45.0 Å². The first-order valence-corrected chi connectivity index (χ1v) is 12.4. The predicted octanol–water partition coefficient (Wildman–Crippen LogP) is 4.23. The number of ketones is 1. The molecule has 9 heteroatoms. The van der Waals surface area contributed by atoms with Gasteiger partial charge in [-0.2, -0.15) is 5.10 Å². The first kappa shape index (κ1) is 25.3. The lowest BCUT2D eigenvalue weighted by Crippen LogP contribution is -2.44. The molecule has 0 unspecified atom stereocenters. The van der Waals surface area contributed by atoms with Crippen LogP contribution in [0.15, 0.2) is 42.9 Å². The van der Waals surface area contributed by atoms with E-state index >= 15 is 0 Å². The van der Waals surface area contributed by atoms with Crippen molar-refractivity contribution in [1.82, 2.24) is 19.7 Å².